The van der Waals surface area contributed by atoms with Gasteiger partial charge >= 0.3 is 5.97 Å². The Bertz CT molecular complexity index is 361. The second-order valence-corrected chi connectivity index (χ2v) is 3.78. The summed E-state index contributed by atoms with van der Waals surface area (Å²) in [5, 5.41) is 8.61. The molecule has 0 amide bonds. The van der Waals surface area contributed by atoms with Crippen LogP contribution in [0.15, 0.2) is 18.2 Å². The quantitative estimate of drug-likeness (QED) is 0.823. The molecule has 0 heterocycles. The summed E-state index contributed by atoms with van der Waals surface area (Å²) in [4.78, 5) is 12.4. The van der Waals surface area contributed by atoms with Gasteiger partial charge in [0.2, 0.25) is 0 Å². The second-order valence-electron chi connectivity index (χ2n) is 3.78. The Balaban J connectivity index is 2.77. The topological polar surface area (TPSA) is 40.5 Å². The minimum absolute atomic E-state index is 0.171. The van der Waals surface area contributed by atoms with Gasteiger partial charge in [-0.25, -0.2) is 0 Å². The second kappa shape index (κ2) is 4.82. The van der Waals surface area contributed by atoms with Gasteiger partial charge in [0, 0.05) is 19.3 Å². The normalized spacial score (nSPS) is 10.1. The van der Waals surface area contributed by atoms with E-state index >= 15 is 0 Å². The van der Waals surface area contributed by atoms with Gasteiger partial charge in [-0.2, -0.15) is 0 Å². The standard InChI is InChI=1S/C12H17NO2/c1-9-5-4-6-11(10(9)2)13(3)8-7-12(14)15/h4-6H,7-8H2,1-3H3,(H,14,15). The molecule has 82 valence electrons. The summed E-state index contributed by atoms with van der Waals surface area (Å²) in [5.74, 6) is -0.757. The molecule has 15 heavy (non-hydrogen) atoms. The van der Waals surface area contributed by atoms with E-state index in [2.05, 4.69) is 19.9 Å². The van der Waals surface area contributed by atoms with Crippen molar-refractivity contribution in [1.82, 2.24) is 0 Å². The van der Waals surface area contributed by atoms with E-state index in [1.54, 1.807) is 0 Å². The third-order valence-electron chi connectivity index (χ3n) is 2.65. The van der Waals surface area contributed by atoms with Crippen LogP contribution in [0.2, 0.25) is 0 Å². The average Bonchev–Trinajstić information content (AvgIpc) is 2.18. The van der Waals surface area contributed by atoms with E-state index in [9.17, 15) is 4.79 Å². The third kappa shape index (κ3) is 2.98. The van der Waals surface area contributed by atoms with Crippen LogP contribution in [-0.2, 0) is 4.79 Å². The van der Waals surface area contributed by atoms with Crippen molar-refractivity contribution in [3.63, 3.8) is 0 Å². The van der Waals surface area contributed by atoms with E-state index in [1.165, 1.54) is 11.1 Å². The average molecular weight is 207 g/mol. The summed E-state index contributed by atoms with van der Waals surface area (Å²) in [7, 11) is 1.92. The van der Waals surface area contributed by atoms with Crippen molar-refractivity contribution in [2.45, 2.75) is 20.3 Å². The number of hydrogen-bond donors (Lipinski definition) is 1. The van der Waals surface area contributed by atoms with Crippen molar-refractivity contribution in [3.05, 3.63) is 29.3 Å². The minimum atomic E-state index is -0.757. The zero-order valence-electron chi connectivity index (χ0n) is 9.45. The maximum absolute atomic E-state index is 10.5. The molecule has 0 saturated heterocycles. The Kier molecular flexibility index (Phi) is 3.72. The molecule has 3 nitrogen and oxygen atoms in total. The number of benzene rings is 1. The maximum Gasteiger partial charge on any atom is 0.305 e. The molecule has 0 radical (unpaired) electrons. The molecule has 0 saturated carbocycles. The smallest absolute Gasteiger partial charge is 0.305 e. The number of carboxylic acid groups (broad SMARTS) is 1. The maximum atomic E-state index is 10.5. The lowest BCUT2D eigenvalue weighted by Gasteiger charge is -2.21. The lowest BCUT2D eigenvalue weighted by atomic mass is 10.1. The highest BCUT2D eigenvalue weighted by molar-refractivity contribution is 5.68. The van der Waals surface area contributed by atoms with Crippen LogP contribution in [0.25, 0.3) is 0 Å². The Labute approximate surface area is 90.3 Å². The molecule has 0 atom stereocenters. The predicted molar refractivity (Wildman–Crippen MR) is 61.4 cm³/mol. The van der Waals surface area contributed by atoms with E-state index in [0.717, 1.165) is 5.69 Å². The van der Waals surface area contributed by atoms with Crippen molar-refractivity contribution in [1.29, 1.82) is 0 Å². The fraction of sp³-hybridized carbons (Fsp3) is 0.417. The van der Waals surface area contributed by atoms with E-state index in [-0.39, 0.29) is 6.42 Å². The Hall–Kier alpha value is -1.51. The third-order valence-corrected chi connectivity index (χ3v) is 2.65. The number of aliphatic carboxylic acids is 1. The minimum Gasteiger partial charge on any atom is -0.481 e. The van der Waals surface area contributed by atoms with Crippen LogP contribution in [0.4, 0.5) is 5.69 Å². The van der Waals surface area contributed by atoms with Gasteiger partial charge in [-0.3, -0.25) is 4.79 Å². The summed E-state index contributed by atoms with van der Waals surface area (Å²) in [6, 6.07) is 6.07. The van der Waals surface area contributed by atoms with Gasteiger partial charge in [-0.05, 0) is 31.0 Å². The number of carbonyl (C=O) groups is 1. The van der Waals surface area contributed by atoms with Gasteiger partial charge in [-0.15, -0.1) is 0 Å². The summed E-state index contributed by atoms with van der Waals surface area (Å²) < 4.78 is 0. The van der Waals surface area contributed by atoms with Crippen LogP contribution < -0.4 is 4.90 Å². The molecule has 0 aromatic heterocycles. The molecule has 0 aliphatic heterocycles. The molecule has 0 aliphatic rings. The zero-order chi connectivity index (χ0) is 11.4. The highest BCUT2D eigenvalue weighted by atomic mass is 16.4. The van der Waals surface area contributed by atoms with Crippen molar-refractivity contribution in [2.75, 3.05) is 18.5 Å². The lowest BCUT2D eigenvalue weighted by Crippen LogP contribution is -2.21. The van der Waals surface area contributed by atoms with Gasteiger partial charge in [0.15, 0.2) is 0 Å². The van der Waals surface area contributed by atoms with E-state index in [1.807, 2.05) is 24.1 Å². The van der Waals surface area contributed by atoms with Crippen LogP contribution in [0.3, 0.4) is 0 Å². The highest BCUT2D eigenvalue weighted by Crippen LogP contribution is 2.21. The Morgan fingerprint density at radius 3 is 2.67 bits per heavy atom. The van der Waals surface area contributed by atoms with Crippen molar-refractivity contribution >= 4 is 11.7 Å². The number of anilines is 1. The number of carboxylic acids is 1. The van der Waals surface area contributed by atoms with Crippen LogP contribution in [-0.4, -0.2) is 24.7 Å². The van der Waals surface area contributed by atoms with Crippen molar-refractivity contribution in [2.24, 2.45) is 0 Å². The number of nitrogens with zero attached hydrogens (tertiary/aromatic N) is 1. The molecule has 0 aliphatic carbocycles. The molecule has 0 unspecified atom stereocenters. The first kappa shape index (κ1) is 11.6. The molecule has 3 heteroatoms. The predicted octanol–water partition coefficient (Wildman–Crippen LogP) is 2.21. The molecular formula is C12H17NO2. The number of rotatable bonds is 4. The molecule has 0 spiro atoms. The molecule has 0 bridgehead atoms. The van der Waals surface area contributed by atoms with Gasteiger partial charge < -0.3 is 10.0 Å². The largest absolute Gasteiger partial charge is 0.481 e. The monoisotopic (exact) mass is 207 g/mol. The molecule has 0 fully saturated rings. The van der Waals surface area contributed by atoms with E-state index in [4.69, 9.17) is 5.11 Å². The van der Waals surface area contributed by atoms with Gasteiger partial charge in [-0.1, -0.05) is 12.1 Å². The van der Waals surface area contributed by atoms with Crippen LogP contribution >= 0.6 is 0 Å². The van der Waals surface area contributed by atoms with E-state index in [0.29, 0.717) is 6.54 Å². The SMILES string of the molecule is Cc1cccc(N(C)CCC(=O)O)c1C. The first-order valence-electron chi connectivity index (χ1n) is 5.01. The molecule has 1 N–H and O–H groups in total. The van der Waals surface area contributed by atoms with Crippen LogP contribution in [0.5, 0.6) is 0 Å². The Morgan fingerprint density at radius 2 is 2.07 bits per heavy atom. The van der Waals surface area contributed by atoms with Crippen molar-refractivity contribution in [3.8, 4) is 0 Å². The van der Waals surface area contributed by atoms with Gasteiger partial charge in [0.25, 0.3) is 0 Å². The summed E-state index contributed by atoms with van der Waals surface area (Å²) in [6.45, 7) is 4.66. The van der Waals surface area contributed by atoms with Crippen LogP contribution in [0.1, 0.15) is 17.5 Å². The first-order valence-corrected chi connectivity index (χ1v) is 5.01. The van der Waals surface area contributed by atoms with E-state index < -0.39 is 5.97 Å². The fourth-order valence-electron chi connectivity index (χ4n) is 1.53. The number of aryl methyl sites for hydroxylation is 1. The summed E-state index contributed by atoms with van der Waals surface area (Å²) in [5.41, 5.74) is 3.55. The van der Waals surface area contributed by atoms with Crippen LogP contribution in [0, 0.1) is 13.8 Å². The summed E-state index contributed by atoms with van der Waals surface area (Å²) >= 11 is 0. The van der Waals surface area contributed by atoms with Gasteiger partial charge in [0.1, 0.15) is 0 Å². The zero-order valence-corrected chi connectivity index (χ0v) is 9.45. The molecule has 1 aromatic carbocycles. The molecular weight excluding hydrogens is 190 g/mol. The Morgan fingerprint density at radius 1 is 1.40 bits per heavy atom. The molecule has 1 rings (SSSR count). The van der Waals surface area contributed by atoms with Crippen molar-refractivity contribution < 1.29 is 9.90 Å². The summed E-state index contributed by atoms with van der Waals surface area (Å²) in [6.07, 6.45) is 0.171. The van der Waals surface area contributed by atoms with Gasteiger partial charge in [0.05, 0.1) is 6.42 Å². The first-order chi connectivity index (χ1) is 7.02. The highest BCUT2D eigenvalue weighted by Gasteiger charge is 2.07. The number of hydrogen-bond acceptors (Lipinski definition) is 2. The molecule has 1 aromatic rings. The fourth-order valence-corrected chi connectivity index (χ4v) is 1.53. The lowest BCUT2D eigenvalue weighted by molar-refractivity contribution is -0.136.